The number of carbonyl (C=O) groups is 1. The summed E-state index contributed by atoms with van der Waals surface area (Å²) < 4.78 is 6.87. The van der Waals surface area contributed by atoms with Gasteiger partial charge in [0, 0.05) is 5.69 Å². The smallest absolute Gasteiger partial charge is 0.228 e. The summed E-state index contributed by atoms with van der Waals surface area (Å²) in [4.78, 5) is 12.4. The lowest BCUT2D eigenvalue weighted by Crippen LogP contribution is -2.16. The molecule has 1 amide bonds. The van der Waals surface area contributed by atoms with Crippen LogP contribution >= 0.6 is 0 Å². The van der Waals surface area contributed by atoms with Gasteiger partial charge >= 0.3 is 0 Å². The van der Waals surface area contributed by atoms with Gasteiger partial charge in [-0.25, -0.2) is 4.68 Å². The van der Waals surface area contributed by atoms with Crippen LogP contribution in [0.25, 0.3) is 5.69 Å². The van der Waals surface area contributed by atoms with Crippen LogP contribution in [0.4, 0.5) is 5.69 Å². The molecule has 0 unspecified atom stereocenters. The van der Waals surface area contributed by atoms with Crippen molar-refractivity contribution in [3.63, 3.8) is 0 Å². The number of nitrogens with one attached hydrogen (secondary N) is 1. The number of aromatic nitrogens is 4. The number of hydrogen-bond donors (Lipinski definition) is 1. The lowest BCUT2D eigenvalue weighted by Gasteiger charge is -2.12. The zero-order chi connectivity index (χ0) is 17.8. The second-order valence-electron chi connectivity index (χ2n) is 5.73. The number of amides is 1. The van der Waals surface area contributed by atoms with Crippen LogP contribution in [0.5, 0.6) is 5.75 Å². The first-order valence-electron chi connectivity index (χ1n) is 7.85. The number of carbonyl (C=O) groups excluding carboxylic acids is 1. The van der Waals surface area contributed by atoms with Crippen molar-refractivity contribution in [1.82, 2.24) is 20.2 Å². The first-order valence-corrected chi connectivity index (χ1v) is 7.85. The number of rotatable bonds is 5. The van der Waals surface area contributed by atoms with Crippen molar-refractivity contribution in [2.45, 2.75) is 20.3 Å². The minimum Gasteiger partial charge on any atom is -0.496 e. The number of anilines is 1. The zero-order valence-corrected chi connectivity index (χ0v) is 14.4. The third-order valence-electron chi connectivity index (χ3n) is 4.01. The maximum absolute atomic E-state index is 12.4. The number of methoxy groups -OCH3 is 1. The van der Waals surface area contributed by atoms with E-state index in [-0.39, 0.29) is 12.3 Å². The molecule has 25 heavy (non-hydrogen) atoms. The molecule has 0 atom stereocenters. The Kier molecular flexibility index (Phi) is 4.74. The van der Waals surface area contributed by atoms with Crippen molar-refractivity contribution in [2.24, 2.45) is 0 Å². The highest BCUT2D eigenvalue weighted by Crippen LogP contribution is 2.23. The van der Waals surface area contributed by atoms with Gasteiger partial charge in [-0.2, -0.15) is 0 Å². The summed E-state index contributed by atoms with van der Waals surface area (Å²) in [6.45, 7) is 3.89. The van der Waals surface area contributed by atoms with Gasteiger partial charge in [-0.1, -0.05) is 18.2 Å². The van der Waals surface area contributed by atoms with Crippen molar-refractivity contribution >= 4 is 11.6 Å². The van der Waals surface area contributed by atoms with Gasteiger partial charge < -0.3 is 10.1 Å². The number of benzene rings is 2. The third-order valence-corrected chi connectivity index (χ3v) is 4.01. The largest absolute Gasteiger partial charge is 0.496 e. The highest BCUT2D eigenvalue weighted by atomic mass is 16.5. The topological polar surface area (TPSA) is 81.9 Å². The summed E-state index contributed by atoms with van der Waals surface area (Å²) in [5, 5.41) is 14.1. The van der Waals surface area contributed by atoms with E-state index in [2.05, 4.69) is 20.8 Å². The number of aryl methyl sites for hydroxylation is 1. The van der Waals surface area contributed by atoms with Crippen LogP contribution in [-0.2, 0) is 11.2 Å². The Morgan fingerprint density at radius 2 is 2.08 bits per heavy atom. The second kappa shape index (κ2) is 7.12. The molecule has 0 saturated carbocycles. The van der Waals surface area contributed by atoms with E-state index >= 15 is 0 Å². The average Bonchev–Trinajstić information content (AvgIpc) is 3.13. The maximum Gasteiger partial charge on any atom is 0.228 e. The molecule has 0 aliphatic rings. The molecule has 7 heteroatoms. The van der Waals surface area contributed by atoms with Crippen molar-refractivity contribution in [2.75, 3.05) is 12.4 Å². The van der Waals surface area contributed by atoms with Gasteiger partial charge in [0.2, 0.25) is 5.91 Å². The third kappa shape index (κ3) is 3.65. The number of ether oxygens (including phenoxy) is 1. The molecule has 1 heterocycles. The van der Waals surface area contributed by atoms with Crippen LogP contribution in [0, 0.1) is 13.8 Å². The Morgan fingerprint density at radius 3 is 2.80 bits per heavy atom. The van der Waals surface area contributed by atoms with Crippen LogP contribution in [0.1, 0.15) is 16.7 Å². The van der Waals surface area contributed by atoms with E-state index in [1.165, 1.54) is 6.33 Å². The predicted octanol–water partition coefficient (Wildman–Crippen LogP) is 2.47. The quantitative estimate of drug-likeness (QED) is 0.773. The van der Waals surface area contributed by atoms with Gasteiger partial charge in [-0.05, 0) is 59.2 Å². The Bertz CT molecular complexity index is 890. The van der Waals surface area contributed by atoms with Crippen LogP contribution < -0.4 is 10.1 Å². The molecule has 2 aromatic carbocycles. The van der Waals surface area contributed by atoms with Crippen LogP contribution in [0.2, 0.25) is 0 Å². The fraction of sp³-hybridized carbons (Fsp3) is 0.222. The van der Waals surface area contributed by atoms with Crippen molar-refractivity contribution in [3.05, 3.63) is 59.4 Å². The molecule has 0 spiro atoms. The summed E-state index contributed by atoms with van der Waals surface area (Å²) in [6.07, 6.45) is 1.79. The first-order chi connectivity index (χ1) is 12.1. The first kappa shape index (κ1) is 16.6. The van der Waals surface area contributed by atoms with Gasteiger partial charge in [0.1, 0.15) is 12.1 Å². The van der Waals surface area contributed by atoms with Crippen molar-refractivity contribution < 1.29 is 9.53 Å². The summed E-state index contributed by atoms with van der Waals surface area (Å²) in [5.74, 6) is 0.685. The molecule has 1 aromatic heterocycles. The van der Waals surface area contributed by atoms with E-state index in [1.807, 2.05) is 50.2 Å². The SMILES string of the molecule is COc1cc(CC(=O)Nc2cccc(-n3cnnn3)c2C)ccc1C. The van der Waals surface area contributed by atoms with Gasteiger partial charge in [0.25, 0.3) is 0 Å². The molecule has 7 nitrogen and oxygen atoms in total. The van der Waals surface area contributed by atoms with Crippen LogP contribution in [0.3, 0.4) is 0 Å². The molecule has 128 valence electrons. The lowest BCUT2D eigenvalue weighted by molar-refractivity contribution is -0.115. The Labute approximate surface area is 145 Å². The van der Waals surface area contributed by atoms with Gasteiger partial charge in [-0.3, -0.25) is 4.79 Å². The molecule has 0 fully saturated rings. The molecular formula is C18H19N5O2. The van der Waals surface area contributed by atoms with Crippen molar-refractivity contribution in [1.29, 1.82) is 0 Å². The molecule has 3 aromatic rings. The Morgan fingerprint density at radius 1 is 1.24 bits per heavy atom. The summed E-state index contributed by atoms with van der Waals surface area (Å²) >= 11 is 0. The van der Waals surface area contributed by atoms with Gasteiger partial charge in [-0.15, -0.1) is 5.10 Å². The molecular weight excluding hydrogens is 318 g/mol. The second-order valence-corrected chi connectivity index (χ2v) is 5.73. The predicted molar refractivity (Wildman–Crippen MR) is 94.0 cm³/mol. The highest BCUT2D eigenvalue weighted by molar-refractivity contribution is 5.93. The van der Waals surface area contributed by atoms with E-state index in [9.17, 15) is 4.79 Å². The Balaban J connectivity index is 1.76. The van der Waals surface area contributed by atoms with Crippen LogP contribution in [0.15, 0.2) is 42.7 Å². The van der Waals surface area contributed by atoms with E-state index in [4.69, 9.17) is 4.74 Å². The molecule has 0 radical (unpaired) electrons. The standard InChI is InChI=1S/C18H19N5O2/c1-12-7-8-14(9-17(12)25-3)10-18(24)20-15-5-4-6-16(13(15)2)23-11-19-21-22-23/h4-9,11H,10H2,1-3H3,(H,20,24). The molecule has 0 aliphatic carbocycles. The fourth-order valence-corrected chi connectivity index (χ4v) is 2.63. The normalized spacial score (nSPS) is 10.5. The zero-order valence-electron chi connectivity index (χ0n) is 14.4. The monoisotopic (exact) mass is 337 g/mol. The summed E-state index contributed by atoms with van der Waals surface area (Å²) in [7, 11) is 1.63. The minimum absolute atomic E-state index is 0.0946. The van der Waals surface area contributed by atoms with Crippen LogP contribution in [-0.4, -0.2) is 33.2 Å². The Hall–Kier alpha value is -3.22. The molecule has 1 N–H and O–H groups in total. The van der Waals surface area contributed by atoms with E-state index in [1.54, 1.807) is 11.8 Å². The minimum atomic E-state index is -0.0946. The average molecular weight is 337 g/mol. The fourth-order valence-electron chi connectivity index (χ4n) is 2.63. The highest BCUT2D eigenvalue weighted by Gasteiger charge is 2.11. The molecule has 3 rings (SSSR count). The molecule has 0 bridgehead atoms. The van der Waals surface area contributed by atoms with E-state index < -0.39 is 0 Å². The number of tetrazole rings is 1. The number of nitrogens with zero attached hydrogens (tertiary/aromatic N) is 4. The van der Waals surface area contributed by atoms with E-state index in [0.29, 0.717) is 0 Å². The summed E-state index contributed by atoms with van der Waals surface area (Å²) in [6, 6.07) is 11.4. The molecule has 0 aliphatic heterocycles. The number of hydrogen-bond acceptors (Lipinski definition) is 5. The molecule has 0 saturated heterocycles. The lowest BCUT2D eigenvalue weighted by atomic mass is 10.1. The van der Waals surface area contributed by atoms with Gasteiger partial charge in [0.15, 0.2) is 0 Å². The van der Waals surface area contributed by atoms with Gasteiger partial charge in [0.05, 0.1) is 19.2 Å². The van der Waals surface area contributed by atoms with Crippen molar-refractivity contribution in [3.8, 4) is 11.4 Å². The summed E-state index contributed by atoms with van der Waals surface area (Å²) in [5.41, 5.74) is 4.38. The van der Waals surface area contributed by atoms with E-state index in [0.717, 1.165) is 33.8 Å². The maximum atomic E-state index is 12.4.